The van der Waals surface area contributed by atoms with Crippen molar-refractivity contribution >= 4 is 16.9 Å². The van der Waals surface area contributed by atoms with E-state index in [1.54, 1.807) is 18.2 Å². The minimum Gasteiger partial charge on any atom is -0.408 e. The van der Waals surface area contributed by atoms with Gasteiger partial charge in [-0.25, -0.2) is 4.79 Å². The maximum Gasteiger partial charge on any atom is 0.417 e. The van der Waals surface area contributed by atoms with Gasteiger partial charge in [-0.15, -0.1) is 0 Å². The molecule has 0 aliphatic heterocycles. The Morgan fingerprint density at radius 2 is 2.00 bits per heavy atom. The maximum atomic E-state index is 11.7. The average Bonchev–Trinajstić information content (AvgIpc) is 2.76. The van der Waals surface area contributed by atoms with Crippen molar-refractivity contribution < 1.29 is 4.42 Å². The lowest BCUT2D eigenvalue weighted by atomic mass is 10.0. The molecule has 98 valence electrons. The van der Waals surface area contributed by atoms with E-state index in [9.17, 15) is 9.59 Å². The Labute approximate surface area is 111 Å². The van der Waals surface area contributed by atoms with Crippen LogP contribution < -0.4 is 17.0 Å². The van der Waals surface area contributed by atoms with Gasteiger partial charge in [0.1, 0.15) is 17.5 Å². The van der Waals surface area contributed by atoms with E-state index in [1.165, 1.54) is 6.07 Å². The van der Waals surface area contributed by atoms with Crippen molar-refractivity contribution in [3.8, 4) is 17.2 Å². The third kappa shape index (κ3) is 1.76. The first-order valence-corrected chi connectivity index (χ1v) is 5.64. The number of nitrogens with zero attached hydrogens (tertiary/aromatic N) is 1. The van der Waals surface area contributed by atoms with Crippen LogP contribution >= 0.6 is 0 Å². The summed E-state index contributed by atoms with van der Waals surface area (Å²) in [7, 11) is 0. The van der Waals surface area contributed by atoms with Crippen LogP contribution in [0.1, 0.15) is 5.56 Å². The number of nitrogens with one attached hydrogen (secondary N) is 2. The molecule has 0 saturated heterocycles. The van der Waals surface area contributed by atoms with Crippen molar-refractivity contribution in [3.63, 3.8) is 0 Å². The monoisotopic (exact) mass is 268 g/mol. The molecule has 4 N–H and O–H groups in total. The number of hydrogen-bond donors (Lipinski definition) is 3. The zero-order chi connectivity index (χ0) is 14.3. The largest absolute Gasteiger partial charge is 0.417 e. The van der Waals surface area contributed by atoms with Gasteiger partial charge in [0, 0.05) is 5.56 Å². The van der Waals surface area contributed by atoms with Gasteiger partial charge in [0.15, 0.2) is 5.58 Å². The number of hydrogen-bond acceptors (Lipinski definition) is 5. The van der Waals surface area contributed by atoms with Gasteiger partial charge in [-0.3, -0.25) is 9.78 Å². The predicted octanol–water partition coefficient (Wildman–Crippen LogP) is 0.930. The molecule has 0 radical (unpaired) electrons. The summed E-state index contributed by atoms with van der Waals surface area (Å²) in [5.74, 6) is -0.414. The Bertz CT molecular complexity index is 972. The van der Waals surface area contributed by atoms with Gasteiger partial charge in [-0.1, -0.05) is 6.07 Å². The van der Waals surface area contributed by atoms with Crippen LogP contribution in [-0.2, 0) is 0 Å². The summed E-state index contributed by atoms with van der Waals surface area (Å²) in [5.41, 5.74) is 6.82. The van der Waals surface area contributed by atoms with E-state index < -0.39 is 11.3 Å². The first-order chi connectivity index (χ1) is 9.58. The van der Waals surface area contributed by atoms with Crippen LogP contribution in [0.25, 0.3) is 22.2 Å². The van der Waals surface area contributed by atoms with Gasteiger partial charge in [0.2, 0.25) is 0 Å². The van der Waals surface area contributed by atoms with Gasteiger partial charge >= 0.3 is 5.76 Å². The minimum absolute atomic E-state index is 0.0450. The SMILES string of the molecule is N#Cc1c(-c2ccc3[nH]c(=O)oc3c2)cc(N)[nH]c1=O. The number of oxazole rings is 1. The van der Waals surface area contributed by atoms with Gasteiger partial charge < -0.3 is 15.1 Å². The van der Waals surface area contributed by atoms with E-state index >= 15 is 0 Å². The number of anilines is 1. The summed E-state index contributed by atoms with van der Waals surface area (Å²) in [5, 5.41) is 9.08. The summed E-state index contributed by atoms with van der Waals surface area (Å²) < 4.78 is 4.95. The molecule has 0 amide bonds. The molecule has 0 unspecified atom stereocenters. The number of aromatic nitrogens is 2. The van der Waals surface area contributed by atoms with Crippen molar-refractivity contribution in [1.29, 1.82) is 5.26 Å². The fourth-order valence-corrected chi connectivity index (χ4v) is 2.03. The smallest absolute Gasteiger partial charge is 0.408 e. The Hall–Kier alpha value is -3.27. The van der Waals surface area contributed by atoms with E-state index in [1.807, 2.05) is 6.07 Å². The maximum absolute atomic E-state index is 11.7. The van der Waals surface area contributed by atoms with Gasteiger partial charge in [0.25, 0.3) is 5.56 Å². The predicted molar refractivity (Wildman–Crippen MR) is 72.0 cm³/mol. The van der Waals surface area contributed by atoms with Gasteiger partial charge in [-0.2, -0.15) is 5.26 Å². The van der Waals surface area contributed by atoms with Crippen molar-refractivity contribution in [1.82, 2.24) is 9.97 Å². The quantitative estimate of drug-likeness (QED) is 0.604. The molecule has 3 aromatic rings. The Morgan fingerprint density at radius 1 is 1.20 bits per heavy atom. The molecule has 7 nitrogen and oxygen atoms in total. The summed E-state index contributed by atoms with van der Waals surface area (Å²) >= 11 is 0. The molecule has 2 aromatic heterocycles. The number of pyridine rings is 1. The van der Waals surface area contributed by atoms with Crippen LogP contribution in [0.5, 0.6) is 0 Å². The topological polar surface area (TPSA) is 129 Å². The highest BCUT2D eigenvalue weighted by molar-refractivity contribution is 5.82. The van der Waals surface area contributed by atoms with Gasteiger partial charge in [0.05, 0.1) is 5.52 Å². The lowest BCUT2D eigenvalue weighted by Crippen LogP contribution is -2.13. The highest BCUT2D eigenvalue weighted by atomic mass is 16.4. The molecule has 7 heteroatoms. The molecule has 3 rings (SSSR count). The number of rotatable bonds is 1. The van der Waals surface area contributed by atoms with Crippen molar-refractivity contribution in [2.75, 3.05) is 5.73 Å². The number of H-pyrrole nitrogens is 2. The Kier molecular flexibility index (Phi) is 2.44. The molecule has 0 atom stereocenters. The lowest BCUT2D eigenvalue weighted by Gasteiger charge is -2.04. The molecule has 1 aromatic carbocycles. The molecule has 0 fully saturated rings. The molecule has 2 heterocycles. The van der Waals surface area contributed by atoms with Crippen LogP contribution in [0.15, 0.2) is 38.3 Å². The van der Waals surface area contributed by atoms with E-state index in [-0.39, 0.29) is 11.4 Å². The zero-order valence-electron chi connectivity index (χ0n) is 10.1. The van der Waals surface area contributed by atoms with Crippen LogP contribution in [-0.4, -0.2) is 9.97 Å². The second kappa shape index (κ2) is 4.13. The normalized spacial score (nSPS) is 10.6. The lowest BCUT2D eigenvalue weighted by molar-refractivity contribution is 0.555. The molecule has 0 saturated carbocycles. The number of nitriles is 1. The minimum atomic E-state index is -0.567. The molecule has 20 heavy (non-hydrogen) atoms. The number of nitrogens with two attached hydrogens (primary N) is 1. The van der Waals surface area contributed by atoms with E-state index in [0.29, 0.717) is 22.2 Å². The van der Waals surface area contributed by atoms with Crippen LogP contribution in [0.3, 0.4) is 0 Å². The first-order valence-electron chi connectivity index (χ1n) is 5.64. The van der Waals surface area contributed by atoms with Gasteiger partial charge in [-0.05, 0) is 23.8 Å². The van der Waals surface area contributed by atoms with Crippen LogP contribution in [0.2, 0.25) is 0 Å². The van der Waals surface area contributed by atoms with Crippen LogP contribution in [0, 0.1) is 11.3 Å². The van der Waals surface area contributed by atoms with Crippen molar-refractivity contribution in [2.45, 2.75) is 0 Å². The van der Waals surface area contributed by atoms with Crippen molar-refractivity contribution in [3.05, 3.63) is 50.7 Å². The Morgan fingerprint density at radius 3 is 2.75 bits per heavy atom. The summed E-state index contributed by atoms with van der Waals surface area (Å²) in [4.78, 5) is 27.7. The summed E-state index contributed by atoms with van der Waals surface area (Å²) in [6, 6.07) is 8.21. The average molecular weight is 268 g/mol. The molecule has 0 spiro atoms. The fourth-order valence-electron chi connectivity index (χ4n) is 2.03. The fraction of sp³-hybridized carbons (Fsp3) is 0. The highest BCUT2D eigenvalue weighted by Crippen LogP contribution is 2.25. The standard InChI is InChI=1S/C13H8N4O3/c14-5-8-7(4-11(15)17-12(8)18)6-1-2-9-10(3-6)20-13(19)16-9/h1-4H,(H,16,19)(H3,15,17,18). The zero-order valence-corrected chi connectivity index (χ0v) is 10.1. The Balaban J connectivity index is 2.33. The number of aromatic amines is 2. The number of benzene rings is 1. The molecule has 0 bridgehead atoms. The molecular weight excluding hydrogens is 260 g/mol. The number of fused-ring (bicyclic) bond motifs is 1. The third-order valence-corrected chi connectivity index (χ3v) is 2.90. The second-order valence-electron chi connectivity index (χ2n) is 4.18. The highest BCUT2D eigenvalue weighted by Gasteiger charge is 2.12. The van der Waals surface area contributed by atoms with E-state index in [0.717, 1.165) is 0 Å². The molecule has 0 aliphatic carbocycles. The molecular formula is C13H8N4O3. The third-order valence-electron chi connectivity index (χ3n) is 2.90. The summed E-state index contributed by atoms with van der Waals surface area (Å²) in [6.07, 6.45) is 0. The first kappa shape index (κ1) is 11.8. The summed E-state index contributed by atoms with van der Waals surface area (Å²) in [6.45, 7) is 0. The van der Waals surface area contributed by atoms with Crippen molar-refractivity contribution in [2.24, 2.45) is 0 Å². The van der Waals surface area contributed by atoms with Crippen LogP contribution in [0.4, 0.5) is 5.82 Å². The second-order valence-corrected chi connectivity index (χ2v) is 4.18. The molecule has 0 aliphatic rings. The van der Waals surface area contributed by atoms with E-state index in [4.69, 9.17) is 15.4 Å². The van der Waals surface area contributed by atoms with E-state index in [2.05, 4.69) is 9.97 Å². The number of nitrogen functional groups attached to an aromatic ring is 1.